The first-order chi connectivity index (χ1) is 8.69. The maximum absolute atomic E-state index is 9.77. The maximum atomic E-state index is 9.77. The second kappa shape index (κ2) is 6.25. The Hall–Kier alpha value is -0.270. The highest BCUT2D eigenvalue weighted by molar-refractivity contribution is 7.99. The van der Waals surface area contributed by atoms with Crippen LogP contribution in [-0.2, 0) is 4.74 Å². The molecule has 2 rings (SSSR count). The number of rotatable bonds is 4. The molecule has 0 saturated carbocycles. The van der Waals surface area contributed by atoms with E-state index in [4.69, 9.17) is 9.84 Å². The fraction of sp³-hybridized carbons (Fsp3) is 0.583. The molecular weight excluding hydrogens is 270 g/mol. The standard InChI is InChI=1S/C12H17NO3S2/c1-17-11-4-3-7(12(13-11)18-2)9-5-8(15)10(6-14)16-9/h3-4,8-10,14-15H,5-6H2,1-2H3/t8-,9+,10+/m0/s1. The molecule has 1 aliphatic rings. The van der Waals surface area contributed by atoms with Crippen LogP contribution in [0.5, 0.6) is 0 Å². The second-order valence-corrected chi connectivity index (χ2v) is 5.72. The van der Waals surface area contributed by atoms with Crippen LogP contribution < -0.4 is 0 Å². The Morgan fingerprint density at radius 1 is 1.39 bits per heavy atom. The summed E-state index contributed by atoms with van der Waals surface area (Å²) < 4.78 is 5.66. The van der Waals surface area contributed by atoms with Gasteiger partial charge in [0.05, 0.1) is 23.8 Å². The number of hydrogen-bond donors (Lipinski definition) is 2. The van der Waals surface area contributed by atoms with Crippen LogP contribution in [0.3, 0.4) is 0 Å². The third-order valence-electron chi connectivity index (χ3n) is 3.02. The van der Waals surface area contributed by atoms with Gasteiger partial charge < -0.3 is 14.9 Å². The lowest BCUT2D eigenvalue weighted by molar-refractivity contribution is -0.0233. The predicted octanol–water partition coefficient (Wildman–Crippen LogP) is 1.71. The molecule has 1 fully saturated rings. The predicted molar refractivity (Wildman–Crippen MR) is 73.1 cm³/mol. The lowest BCUT2D eigenvalue weighted by Crippen LogP contribution is -2.24. The monoisotopic (exact) mass is 287 g/mol. The number of pyridine rings is 1. The van der Waals surface area contributed by atoms with Crippen LogP contribution in [0.1, 0.15) is 18.1 Å². The van der Waals surface area contributed by atoms with E-state index in [2.05, 4.69) is 4.98 Å². The first kappa shape index (κ1) is 14.1. The number of aliphatic hydroxyl groups is 2. The minimum atomic E-state index is -0.602. The van der Waals surface area contributed by atoms with Crippen molar-refractivity contribution < 1.29 is 14.9 Å². The summed E-state index contributed by atoms with van der Waals surface area (Å²) in [4.78, 5) is 4.53. The van der Waals surface area contributed by atoms with Crippen LogP contribution in [0.2, 0.25) is 0 Å². The topological polar surface area (TPSA) is 62.6 Å². The largest absolute Gasteiger partial charge is 0.394 e. The summed E-state index contributed by atoms with van der Waals surface area (Å²) in [5, 5.41) is 20.8. The lowest BCUT2D eigenvalue weighted by Gasteiger charge is -2.15. The van der Waals surface area contributed by atoms with Crippen LogP contribution in [0.25, 0.3) is 0 Å². The average molecular weight is 287 g/mol. The molecule has 0 unspecified atom stereocenters. The van der Waals surface area contributed by atoms with Crippen molar-refractivity contribution in [2.75, 3.05) is 19.1 Å². The van der Waals surface area contributed by atoms with E-state index in [0.29, 0.717) is 6.42 Å². The van der Waals surface area contributed by atoms with E-state index in [1.807, 2.05) is 24.6 Å². The summed E-state index contributed by atoms with van der Waals surface area (Å²) in [5.41, 5.74) is 0.996. The Morgan fingerprint density at radius 2 is 2.17 bits per heavy atom. The van der Waals surface area contributed by atoms with Crippen LogP contribution in [0.4, 0.5) is 0 Å². The summed E-state index contributed by atoms with van der Waals surface area (Å²) in [6.07, 6.45) is 3.22. The summed E-state index contributed by atoms with van der Waals surface area (Å²) >= 11 is 3.17. The van der Waals surface area contributed by atoms with Gasteiger partial charge in [-0.3, -0.25) is 0 Å². The number of thioether (sulfide) groups is 2. The van der Waals surface area contributed by atoms with Gasteiger partial charge in [0, 0.05) is 12.0 Å². The van der Waals surface area contributed by atoms with E-state index in [-0.39, 0.29) is 12.7 Å². The van der Waals surface area contributed by atoms with E-state index in [1.165, 1.54) is 0 Å². The maximum Gasteiger partial charge on any atom is 0.107 e. The molecule has 2 heterocycles. The Morgan fingerprint density at radius 3 is 2.72 bits per heavy atom. The normalized spacial score (nSPS) is 27.7. The fourth-order valence-corrected chi connectivity index (χ4v) is 3.12. The zero-order valence-electron chi connectivity index (χ0n) is 10.4. The Kier molecular flexibility index (Phi) is 4.91. The Balaban J connectivity index is 2.23. The van der Waals surface area contributed by atoms with Crippen LogP contribution >= 0.6 is 23.5 Å². The van der Waals surface area contributed by atoms with Crippen LogP contribution in [0, 0.1) is 0 Å². The summed E-state index contributed by atoms with van der Waals surface area (Å²) in [7, 11) is 0. The Labute approximate surface area is 115 Å². The fourth-order valence-electron chi connectivity index (χ4n) is 2.05. The molecule has 1 aliphatic heterocycles. The molecule has 6 heteroatoms. The van der Waals surface area contributed by atoms with E-state index < -0.39 is 12.2 Å². The van der Waals surface area contributed by atoms with Crippen molar-refractivity contribution in [3.05, 3.63) is 17.7 Å². The number of aliphatic hydroxyl groups excluding tert-OH is 2. The molecule has 0 aliphatic carbocycles. The molecule has 0 spiro atoms. The summed E-state index contributed by atoms with van der Waals surface area (Å²) in [5.74, 6) is 0. The van der Waals surface area contributed by atoms with E-state index in [0.717, 1.165) is 15.6 Å². The minimum absolute atomic E-state index is 0.150. The third kappa shape index (κ3) is 2.83. The quantitative estimate of drug-likeness (QED) is 0.822. The molecule has 0 amide bonds. The van der Waals surface area contributed by atoms with E-state index in [9.17, 15) is 5.11 Å². The number of nitrogens with zero attached hydrogens (tertiary/aromatic N) is 1. The van der Waals surface area contributed by atoms with Crippen LogP contribution in [0.15, 0.2) is 22.2 Å². The van der Waals surface area contributed by atoms with Crippen molar-refractivity contribution in [3.8, 4) is 0 Å². The number of aromatic nitrogens is 1. The van der Waals surface area contributed by atoms with Gasteiger partial charge in [0.15, 0.2) is 0 Å². The van der Waals surface area contributed by atoms with Gasteiger partial charge >= 0.3 is 0 Å². The van der Waals surface area contributed by atoms with Crippen LogP contribution in [-0.4, -0.2) is 46.5 Å². The van der Waals surface area contributed by atoms with Gasteiger partial charge in [-0.05, 0) is 18.6 Å². The third-order valence-corrected chi connectivity index (χ3v) is 4.38. The van der Waals surface area contributed by atoms with E-state index >= 15 is 0 Å². The molecule has 1 saturated heterocycles. The highest BCUT2D eigenvalue weighted by atomic mass is 32.2. The smallest absolute Gasteiger partial charge is 0.107 e. The molecule has 3 atom stereocenters. The molecule has 4 nitrogen and oxygen atoms in total. The molecule has 0 bridgehead atoms. The number of ether oxygens (including phenoxy) is 1. The molecule has 1 aromatic rings. The van der Waals surface area contributed by atoms with Gasteiger partial charge in [0.1, 0.15) is 11.1 Å². The van der Waals surface area contributed by atoms with Crippen molar-refractivity contribution in [2.45, 2.75) is 34.8 Å². The zero-order chi connectivity index (χ0) is 13.1. The molecular formula is C12H17NO3S2. The lowest BCUT2D eigenvalue weighted by atomic mass is 10.1. The molecule has 0 aromatic carbocycles. The van der Waals surface area contributed by atoms with Crippen molar-refractivity contribution in [1.29, 1.82) is 0 Å². The van der Waals surface area contributed by atoms with Gasteiger partial charge in [-0.25, -0.2) is 4.98 Å². The first-order valence-corrected chi connectivity index (χ1v) is 8.17. The van der Waals surface area contributed by atoms with Gasteiger partial charge in [-0.2, -0.15) is 0 Å². The van der Waals surface area contributed by atoms with Gasteiger partial charge in [-0.1, -0.05) is 6.07 Å². The highest BCUT2D eigenvalue weighted by Crippen LogP contribution is 2.37. The average Bonchev–Trinajstić information content (AvgIpc) is 2.79. The summed E-state index contributed by atoms with van der Waals surface area (Å²) in [6, 6.07) is 3.96. The summed E-state index contributed by atoms with van der Waals surface area (Å²) in [6.45, 7) is -0.150. The van der Waals surface area contributed by atoms with Gasteiger partial charge in [0.2, 0.25) is 0 Å². The van der Waals surface area contributed by atoms with E-state index in [1.54, 1.807) is 23.5 Å². The van der Waals surface area contributed by atoms with Crippen molar-refractivity contribution >= 4 is 23.5 Å². The number of hydrogen-bond acceptors (Lipinski definition) is 6. The van der Waals surface area contributed by atoms with Crippen molar-refractivity contribution in [1.82, 2.24) is 4.98 Å². The first-order valence-electron chi connectivity index (χ1n) is 5.73. The molecule has 18 heavy (non-hydrogen) atoms. The second-order valence-electron chi connectivity index (χ2n) is 4.10. The zero-order valence-corrected chi connectivity index (χ0v) is 12.0. The van der Waals surface area contributed by atoms with Gasteiger partial charge in [-0.15, -0.1) is 23.5 Å². The highest BCUT2D eigenvalue weighted by Gasteiger charge is 2.35. The minimum Gasteiger partial charge on any atom is -0.394 e. The SMILES string of the molecule is CSc1ccc([C@H]2C[C@H](O)[C@@H](CO)O2)c(SC)n1. The Bertz CT molecular complexity index is 416. The molecule has 100 valence electrons. The molecule has 1 aromatic heterocycles. The molecule has 2 N–H and O–H groups in total. The van der Waals surface area contributed by atoms with Crippen molar-refractivity contribution in [2.24, 2.45) is 0 Å². The van der Waals surface area contributed by atoms with Gasteiger partial charge in [0.25, 0.3) is 0 Å². The van der Waals surface area contributed by atoms with Crippen molar-refractivity contribution in [3.63, 3.8) is 0 Å². The molecule has 0 radical (unpaired) electrons.